The van der Waals surface area contributed by atoms with Crippen molar-refractivity contribution in [1.29, 1.82) is 0 Å². The van der Waals surface area contributed by atoms with Gasteiger partial charge < -0.3 is 14.7 Å². The van der Waals surface area contributed by atoms with Gasteiger partial charge in [-0.3, -0.25) is 0 Å². The molecule has 0 unspecified atom stereocenters. The topological polar surface area (TPSA) is 41.0 Å². The van der Waals surface area contributed by atoms with Crippen molar-refractivity contribution in [3.8, 4) is 11.5 Å². The van der Waals surface area contributed by atoms with E-state index in [1.54, 1.807) is 0 Å². The molecule has 1 aromatic carbocycles. The summed E-state index contributed by atoms with van der Waals surface area (Å²) in [5.74, 6) is 0.922. The molecule has 0 spiro atoms. The summed E-state index contributed by atoms with van der Waals surface area (Å²) in [5, 5.41) is 4.53. The monoisotopic (exact) mass is 238 g/mol. The molecular weight excluding hydrogens is 224 g/mol. The molecule has 0 bridgehead atoms. The predicted molar refractivity (Wildman–Crippen MR) is 71.4 cm³/mol. The Bertz CT molecular complexity index is 652. The average molecular weight is 238 g/mol. The van der Waals surface area contributed by atoms with E-state index in [0.717, 1.165) is 41.9 Å². The smallest absolute Gasteiger partial charge is 0.151 e. The van der Waals surface area contributed by atoms with Gasteiger partial charge >= 0.3 is 0 Å². The molecule has 2 aromatic heterocycles. The Hall–Kier alpha value is -2.00. The van der Waals surface area contributed by atoms with Crippen LogP contribution in [-0.2, 0) is 13.0 Å². The SMILES string of the molecule is c1ccc2oc(-c3cc4c([nH]3)CCNC4)cc2c1. The van der Waals surface area contributed by atoms with E-state index < -0.39 is 0 Å². The van der Waals surface area contributed by atoms with Crippen molar-refractivity contribution >= 4 is 11.0 Å². The maximum Gasteiger partial charge on any atom is 0.151 e. The summed E-state index contributed by atoms with van der Waals surface area (Å²) >= 11 is 0. The summed E-state index contributed by atoms with van der Waals surface area (Å²) in [4.78, 5) is 3.48. The molecule has 4 rings (SSSR count). The van der Waals surface area contributed by atoms with Crippen molar-refractivity contribution in [2.45, 2.75) is 13.0 Å². The molecule has 0 amide bonds. The molecule has 0 saturated carbocycles. The number of nitrogens with one attached hydrogen (secondary N) is 2. The summed E-state index contributed by atoms with van der Waals surface area (Å²) in [5.41, 5.74) is 4.72. The Labute approximate surface area is 105 Å². The van der Waals surface area contributed by atoms with Crippen molar-refractivity contribution in [3.05, 3.63) is 47.7 Å². The number of fused-ring (bicyclic) bond motifs is 2. The molecule has 1 aliphatic heterocycles. The molecule has 3 heterocycles. The fourth-order valence-corrected chi connectivity index (χ4v) is 2.60. The number of hydrogen-bond donors (Lipinski definition) is 2. The van der Waals surface area contributed by atoms with E-state index in [2.05, 4.69) is 28.5 Å². The highest BCUT2D eigenvalue weighted by atomic mass is 16.3. The highest BCUT2D eigenvalue weighted by molar-refractivity contribution is 5.82. The van der Waals surface area contributed by atoms with E-state index in [9.17, 15) is 0 Å². The van der Waals surface area contributed by atoms with Gasteiger partial charge in [-0.25, -0.2) is 0 Å². The first-order valence-corrected chi connectivity index (χ1v) is 6.30. The fraction of sp³-hybridized carbons (Fsp3) is 0.200. The third kappa shape index (κ3) is 1.48. The highest BCUT2D eigenvalue weighted by Gasteiger charge is 2.15. The second kappa shape index (κ2) is 3.75. The van der Waals surface area contributed by atoms with Crippen LogP contribution in [0.2, 0.25) is 0 Å². The number of aromatic nitrogens is 1. The number of hydrogen-bond acceptors (Lipinski definition) is 2. The Kier molecular flexibility index (Phi) is 2.08. The molecule has 1 aliphatic rings. The summed E-state index contributed by atoms with van der Waals surface area (Å²) in [7, 11) is 0. The van der Waals surface area contributed by atoms with Gasteiger partial charge in [-0.05, 0) is 23.8 Å². The van der Waals surface area contributed by atoms with Gasteiger partial charge in [0.25, 0.3) is 0 Å². The molecule has 3 nitrogen and oxygen atoms in total. The largest absolute Gasteiger partial charge is 0.455 e. The highest BCUT2D eigenvalue weighted by Crippen LogP contribution is 2.29. The van der Waals surface area contributed by atoms with E-state index in [-0.39, 0.29) is 0 Å². The summed E-state index contributed by atoms with van der Waals surface area (Å²) in [6, 6.07) is 12.4. The van der Waals surface area contributed by atoms with Crippen molar-refractivity contribution in [2.75, 3.05) is 6.54 Å². The van der Waals surface area contributed by atoms with E-state index in [4.69, 9.17) is 4.42 Å². The quantitative estimate of drug-likeness (QED) is 0.684. The van der Waals surface area contributed by atoms with Crippen LogP contribution >= 0.6 is 0 Å². The number of para-hydroxylation sites is 1. The van der Waals surface area contributed by atoms with Crippen molar-refractivity contribution in [2.24, 2.45) is 0 Å². The van der Waals surface area contributed by atoms with Gasteiger partial charge in [-0.2, -0.15) is 0 Å². The molecule has 90 valence electrons. The lowest BCUT2D eigenvalue weighted by Gasteiger charge is -2.11. The van der Waals surface area contributed by atoms with Crippen LogP contribution in [0.3, 0.4) is 0 Å². The second-order valence-electron chi connectivity index (χ2n) is 4.76. The zero-order valence-corrected chi connectivity index (χ0v) is 9.99. The van der Waals surface area contributed by atoms with Crippen LogP contribution in [0.4, 0.5) is 0 Å². The first kappa shape index (κ1) is 9.97. The van der Waals surface area contributed by atoms with Gasteiger partial charge in [0, 0.05) is 30.6 Å². The predicted octanol–water partition coefficient (Wildman–Crippen LogP) is 3.07. The summed E-state index contributed by atoms with van der Waals surface area (Å²) in [6.45, 7) is 2.00. The van der Waals surface area contributed by atoms with Crippen LogP contribution < -0.4 is 5.32 Å². The fourth-order valence-electron chi connectivity index (χ4n) is 2.60. The van der Waals surface area contributed by atoms with Crippen LogP contribution in [0.25, 0.3) is 22.4 Å². The first-order chi connectivity index (χ1) is 8.90. The molecule has 0 saturated heterocycles. The second-order valence-corrected chi connectivity index (χ2v) is 4.76. The Morgan fingerprint density at radius 1 is 1.11 bits per heavy atom. The lowest BCUT2D eigenvalue weighted by molar-refractivity contribution is 0.627. The Morgan fingerprint density at radius 2 is 2.06 bits per heavy atom. The minimum Gasteiger partial charge on any atom is -0.455 e. The third-order valence-corrected chi connectivity index (χ3v) is 3.55. The summed E-state index contributed by atoms with van der Waals surface area (Å²) in [6.07, 6.45) is 1.07. The maximum atomic E-state index is 5.88. The van der Waals surface area contributed by atoms with Gasteiger partial charge in [0.05, 0.1) is 5.69 Å². The number of H-pyrrole nitrogens is 1. The number of aromatic amines is 1. The van der Waals surface area contributed by atoms with E-state index in [1.807, 2.05) is 18.2 Å². The van der Waals surface area contributed by atoms with E-state index in [0.29, 0.717) is 0 Å². The van der Waals surface area contributed by atoms with Crippen LogP contribution in [-0.4, -0.2) is 11.5 Å². The van der Waals surface area contributed by atoms with Crippen LogP contribution in [0.5, 0.6) is 0 Å². The Balaban J connectivity index is 1.84. The molecule has 0 aliphatic carbocycles. The minimum atomic E-state index is 0.922. The van der Waals surface area contributed by atoms with Gasteiger partial charge in [-0.1, -0.05) is 18.2 Å². The standard InChI is InChI=1S/C15H14N2O/c1-2-4-14-10(3-1)8-15(18-14)13-7-11-9-16-6-5-12(11)17-13/h1-4,7-8,16-17H,5-6,9H2. The molecule has 18 heavy (non-hydrogen) atoms. The van der Waals surface area contributed by atoms with Crippen LogP contribution in [0.1, 0.15) is 11.3 Å². The van der Waals surface area contributed by atoms with Gasteiger partial charge in [0.2, 0.25) is 0 Å². The normalized spacial score (nSPS) is 14.9. The number of benzene rings is 1. The molecule has 0 fully saturated rings. The number of rotatable bonds is 1. The molecule has 2 N–H and O–H groups in total. The minimum absolute atomic E-state index is 0.922. The lowest BCUT2D eigenvalue weighted by atomic mass is 10.1. The van der Waals surface area contributed by atoms with E-state index >= 15 is 0 Å². The van der Waals surface area contributed by atoms with Crippen LogP contribution in [0, 0.1) is 0 Å². The van der Waals surface area contributed by atoms with E-state index in [1.165, 1.54) is 11.3 Å². The van der Waals surface area contributed by atoms with Gasteiger partial charge in [0.1, 0.15) is 5.58 Å². The van der Waals surface area contributed by atoms with Gasteiger partial charge in [-0.15, -0.1) is 0 Å². The first-order valence-electron chi connectivity index (χ1n) is 6.30. The Morgan fingerprint density at radius 3 is 2.94 bits per heavy atom. The van der Waals surface area contributed by atoms with Crippen molar-refractivity contribution in [3.63, 3.8) is 0 Å². The molecule has 3 heteroatoms. The van der Waals surface area contributed by atoms with Gasteiger partial charge in [0.15, 0.2) is 5.76 Å². The molecule has 0 radical (unpaired) electrons. The zero-order valence-electron chi connectivity index (χ0n) is 9.99. The summed E-state index contributed by atoms with van der Waals surface area (Å²) < 4.78 is 5.88. The van der Waals surface area contributed by atoms with Crippen molar-refractivity contribution in [1.82, 2.24) is 10.3 Å². The zero-order chi connectivity index (χ0) is 11.9. The van der Waals surface area contributed by atoms with Crippen molar-refractivity contribution < 1.29 is 4.42 Å². The van der Waals surface area contributed by atoms with Crippen LogP contribution in [0.15, 0.2) is 40.8 Å². The average Bonchev–Trinajstić information content (AvgIpc) is 3.02. The maximum absolute atomic E-state index is 5.88. The lowest BCUT2D eigenvalue weighted by Crippen LogP contribution is -2.22. The number of furan rings is 1. The molecule has 3 aromatic rings. The molecule has 0 atom stereocenters. The third-order valence-electron chi connectivity index (χ3n) is 3.55. The molecular formula is C15H14N2O.